The Hall–Kier alpha value is -1.02. The first-order valence-corrected chi connectivity index (χ1v) is 8.51. The summed E-state index contributed by atoms with van der Waals surface area (Å²) >= 11 is 0. The van der Waals surface area contributed by atoms with Crippen LogP contribution in [0.1, 0.15) is 57.6 Å². The largest absolute Gasteiger partial charge is 0.490 e. The van der Waals surface area contributed by atoms with Gasteiger partial charge >= 0.3 is 0 Å². The Morgan fingerprint density at radius 1 is 1.05 bits per heavy atom. The highest BCUT2D eigenvalue weighted by atomic mass is 16.5. The molecular weight excluding hydrogens is 258 g/mol. The fourth-order valence-electron chi connectivity index (χ4n) is 3.77. The molecule has 1 fully saturated rings. The molecule has 1 aliphatic heterocycles. The minimum atomic E-state index is 0.420. The molecule has 0 unspecified atom stereocenters. The summed E-state index contributed by atoms with van der Waals surface area (Å²) in [4.78, 5) is 0. The van der Waals surface area contributed by atoms with Crippen LogP contribution in [0.5, 0.6) is 5.75 Å². The Balaban J connectivity index is 1.58. The van der Waals surface area contributed by atoms with Gasteiger partial charge in [0.25, 0.3) is 0 Å². The highest BCUT2D eigenvalue weighted by Crippen LogP contribution is 2.38. The molecule has 0 bridgehead atoms. The van der Waals surface area contributed by atoms with E-state index in [1.165, 1.54) is 36.8 Å². The Morgan fingerprint density at radius 2 is 1.81 bits per heavy atom. The second-order valence-corrected chi connectivity index (χ2v) is 7.81. The number of nitrogens with one attached hydrogen (secondary N) is 1. The molecule has 0 aromatic heterocycles. The number of rotatable bonds is 2. The van der Waals surface area contributed by atoms with Crippen molar-refractivity contribution in [2.24, 2.45) is 11.3 Å². The molecule has 0 spiro atoms. The highest BCUT2D eigenvalue weighted by molar-refractivity contribution is 5.37. The van der Waals surface area contributed by atoms with E-state index in [2.05, 4.69) is 44.3 Å². The number of ether oxygens (including phenoxy) is 1. The first kappa shape index (κ1) is 14.9. The lowest BCUT2D eigenvalue weighted by Gasteiger charge is -2.37. The van der Waals surface area contributed by atoms with Crippen LogP contribution < -0.4 is 10.1 Å². The maximum absolute atomic E-state index is 6.26. The van der Waals surface area contributed by atoms with Crippen molar-refractivity contribution in [2.75, 3.05) is 6.54 Å². The van der Waals surface area contributed by atoms with E-state index in [9.17, 15) is 0 Å². The molecule has 1 N–H and O–H groups in total. The molecular formula is C19H29NO. The summed E-state index contributed by atoms with van der Waals surface area (Å²) in [5.74, 6) is 1.93. The van der Waals surface area contributed by atoms with Gasteiger partial charge in [0.05, 0.1) is 6.10 Å². The van der Waals surface area contributed by atoms with E-state index in [0.29, 0.717) is 11.5 Å². The van der Waals surface area contributed by atoms with Gasteiger partial charge in [0, 0.05) is 6.54 Å². The van der Waals surface area contributed by atoms with Crippen molar-refractivity contribution in [1.29, 1.82) is 0 Å². The Labute approximate surface area is 129 Å². The summed E-state index contributed by atoms with van der Waals surface area (Å²) in [5.41, 5.74) is 3.35. The summed E-state index contributed by atoms with van der Waals surface area (Å²) in [6.45, 7) is 9.21. The van der Waals surface area contributed by atoms with Crippen LogP contribution in [0.15, 0.2) is 18.2 Å². The van der Waals surface area contributed by atoms with E-state index >= 15 is 0 Å². The summed E-state index contributed by atoms with van der Waals surface area (Å²) in [5, 5.41) is 3.42. The molecule has 1 heterocycles. The van der Waals surface area contributed by atoms with Gasteiger partial charge in [0.2, 0.25) is 0 Å². The summed E-state index contributed by atoms with van der Waals surface area (Å²) in [6, 6.07) is 6.66. The minimum absolute atomic E-state index is 0.420. The van der Waals surface area contributed by atoms with Crippen LogP contribution in [0, 0.1) is 11.3 Å². The second kappa shape index (κ2) is 6.00. The Bertz CT molecular complexity index is 481. The van der Waals surface area contributed by atoms with Crippen molar-refractivity contribution >= 4 is 0 Å². The maximum atomic E-state index is 6.26. The van der Waals surface area contributed by atoms with Gasteiger partial charge in [0.1, 0.15) is 5.75 Å². The smallest absolute Gasteiger partial charge is 0.120 e. The van der Waals surface area contributed by atoms with Gasteiger partial charge in [-0.25, -0.2) is 0 Å². The normalized spacial score (nSPS) is 26.2. The zero-order valence-corrected chi connectivity index (χ0v) is 13.7. The number of hydrogen-bond acceptors (Lipinski definition) is 2. The average Bonchev–Trinajstić information content (AvgIpc) is 2.47. The molecule has 2 aliphatic rings. The van der Waals surface area contributed by atoms with Crippen molar-refractivity contribution in [3.63, 3.8) is 0 Å². The SMILES string of the molecule is CC(C)(C)[C@H]1CC[C@H](Oc2ccc3c(c2)CCNC3)CC1. The van der Waals surface area contributed by atoms with E-state index in [1.54, 1.807) is 0 Å². The van der Waals surface area contributed by atoms with Gasteiger partial charge in [0.15, 0.2) is 0 Å². The van der Waals surface area contributed by atoms with E-state index < -0.39 is 0 Å². The third-order valence-electron chi connectivity index (χ3n) is 5.27. The van der Waals surface area contributed by atoms with Crippen LogP contribution >= 0.6 is 0 Å². The lowest BCUT2D eigenvalue weighted by atomic mass is 9.72. The molecule has 0 atom stereocenters. The van der Waals surface area contributed by atoms with Crippen LogP contribution in [0.25, 0.3) is 0 Å². The van der Waals surface area contributed by atoms with Crippen LogP contribution in [-0.4, -0.2) is 12.6 Å². The lowest BCUT2D eigenvalue weighted by Crippen LogP contribution is -2.30. The van der Waals surface area contributed by atoms with Gasteiger partial charge in [-0.2, -0.15) is 0 Å². The molecule has 0 amide bonds. The zero-order chi connectivity index (χ0) is 14.9. The molecule has 2 heteroatoms. The molecule has 116 valence electrons. The monoisotopic (exact) mass is 287 g/mol. The summed E-state index contributed by atoms with van der Waals surface area (Å²) < 4.78 is 6.26. The van der Waals surface area contributed by atoms with Crippen LogP contribution in [-0.2, 0) is 13.0 Å². The number of hydrogen-bond donors (Lipinski definition) is 1. The van der Waals surface area contributed by atoms with Gasteiger partial charge < -0.3 is 10.1 Å². The third kappa shape index (κ3) is 3.60. The molecule has 0 radical (unpaired) electrons. The fraction of sp³-hybridized carbons (Fsp3) is 0.684. The molecule has 3 rings (SSSR count). The predicted molar refractivity (Wildman–Crippen MR) is 87.7 cm³/mol. The first-order chi connectivity index (χ1) is 10.0. The lowest BCUT2D eigenvalue weighted by molar-refractivity contribution is 0.0881. The summed E-state index contributed by atoms with van der Waals surface area (Å²) in [7, 11) is 0. The van der Waals surface area contributed by atoms with Crippen molar-refractivity contribution in [2.45, 2.75) is 65.5 Å². The van der Waals surface area contributed by atoms with Crippen LogP contribution in [0.2, 0.25) is 0 Å². The van der Waals surface area contributed by atoms with Crippen LogP contribution in [0.3, 0.4) is 0 Å². The van der Waals surface area contributed by atoms with Gasteiger partial charge in [-0.15, -0.1) is 0 Å². The van der Waals surface area contributed by atoms with Crippen LogP contribution in [0.4, 0.5) is 0 Å². The molecule has 1 aromatic carbocycles. The second-order valence-electron chi connectivity index (χ2n) is 7.81. The molecule has 1 aliphatic carbocycles. The van der Waals surface area contributed by atoms with Crippen molar-refractivity contribution < 1.29 is 4.74 Å². The van der Waals surface area contributed by atoms with E-state index in [-0.39, 0.29) is 0 Å². The van der Waals surface area contributed by atoms with Crippen molar-refractivity contribution in [3.8, 4) is 5.75 Å². The molecule has 0 saturated heterocycles. The highest BCUT2D eigenvalue weighted by Gasteiger charge is 2.30. The molecule has 1 saturated carbocycles. The number of fused-ring (bicyclic) bond motifs is 1. The molecule has 1 aromatic rings. The minimum Gasteiger partial charge on any atom is -0.490 e. The summed E-state index contributed by atoms with van der Waals surface area (Å²) in [6.07, 6.45) is 6.58. The Morgan fingerprint density at radius 3 is 2.52 bits per heavy atom. The average molecular weight is 287 g/mol. The fourth-order valence-corrected chi connectivity index (χ4v) is 3.77. The van der Waals surface area contributed by atoms with Crippen molar-refractivity contribution in [1.82, 2.24) is 5.32 Å². The van der Waals surface area contributed by atoms with Crippen molar-refractivity contribution in [3.05, 3.63) is 29.3 Å². The standard InChI is InChI=1S/C19H29NO/c1-19(2,3)16-5-8-17(9-6-16)21-18-7-4-15-13-20-11-10-14(15)12-18/h4,7,12,16-17,20H,5-6,8-11,13H2,1-3H3/t16-,17-. The number of benzene rings is 1. The van der Waals surface area contributed by atoms with Gasteiger partial charge in [-0.1, -0.05) is 26.8 Å². The molecule has 21 heavy (non-hydrogen) atoms. The molecule has 2 nitrogen and oxygen atoms in total. The topological polar surface area (TPSA) is 21.3 Å². The maximum Gasteiger partial charge on any atom is 0.120 e. The van der Waals surface area contributed by atoms with Gasteiger partial charge in [-0.05, 0) is 73.2 Å². The van der Waals surface area contributed by atoms with E-state index in [4.69, 9.17) is 4.74 Å². The first-order valence-electron chi connectivity index (χ1n) is 8.51. The zero-order valence-electron chi connectivity index (χ0n) is 13.7. The predicted octanol–water partition coefficient (Wildman–Crippen LogP) is 4.32. The third-order valence-corrected chi connectivity index (χ3v) is 5.27. The quantitative estimate of drug-likeness (QED) is 0.875. The van der Waals surface area contributed by atoms with E-state index in [0.717, 1.165) is 31.2 Å². The van der Waals surface area contributed by atoms with Gasteiger partial charge in [-0.3, -0.25) is 0 Å². The van der Waals surface area contributed by atoms with E-state index in [1.807, 2.05) is 0 Å². The Kier molecular flexibility index (Phi) is 4.26.